The van der Waals surface area contributed by atoms with Gasteiger partial charge < -0.3 is 9.47 Å². The number of Topliss-reactive ketones (excluding diaryl/α,β-unsaturated/α-hetero) is 1. The fraction of sp³-hybridized carbons (Fsp3) is 0.500. The lowest BCUT2D eigenvalue weighted by atomic mass is 10.1. The predicted octanol–water partition coefficient (Wildman–Crippen LogP) is 2.75. The van der Waals surface area contributed by atoms with Gasteiger partial charge in [0.2, 0.25) is 0 Å². The van der Waals surface area contributed by atoms with E-state index in [0.29, 0.717) is 23.5 Å². The third-order valence-corrected chi connectivity index (χ3v) is 5.13. The third kappa shape index (κ3) is 4.89. The van der Waals surface area contributed by atoms with Gasteiger partial charge in [0.15, 0.2) is 17.3 Å². The molecule has 1 aromatic carbocycles. The van der Waals surface area contributed by atoms with E-state index in [1.54, 1.807) is 13.0 Å². The summed E-state index contributed by atoms with van der Waals surface area (Å²) in [5, 5.41) is 0.279. The first-order chi connectivity index (χ1) is 9.84. The first kappa shape index (κ1) is 17.8. The van der Waals surface area contributed by atoms with Crippen LogP contribution in [0, 0.1) is 0 Å². The molecule has 118 valence electrons. The quantitative estimate of drug-likeness (QED) is 0.684. The van der Waals surface area contributed by atoms with Crippen LogP contribution in [0.3, 0.4) is 0 Å². The number of ketones is 1. The smallest absolute Gasteiger partial charge is 0.179 e. The maximum Gasteiger partial charge on any atom is 0.179 e. The average molecular weight is 335 g/mol. The molecule has 0 saturated heterocycles. The summed E-state index contributed by atoms with van der Waals surface area (Å²) < 4.78 is 33.0. The minimum Gasteiger partial charge on any atom is -0.493 e. The maximum absolute atomic E-state index is 12.1. The number of sulfone groups is 1. The van der Waals surface area contributed by atoms with E-state index in [-0.39, 0.29) is 28.7 Å². The molecule has 0 heterocycles. The van der Waals surface area contributed by atoms with Crippen molar-refractivity contribution in [3.8, 4) is 11.5 Å². The van der Waals surface area contributed by atoms with Crippen molar-refractivity contribution in [1.82, 2.24) is 0 Å². The van der Waals surface area contributed by atoms with Crippen molar-refractivity contribution in [2.24, 2.45) is 0 Å². The summed E-state index contributed by atoms with van der Waals surface area (Å²) in [6, 6.07) is 3.04. The van der Waals surface area contributed by atoms with Gasteiger partial charge in [-0.1, -0.05) is 18.5 Å². The zero-order valence-corrected chi connectivity index (χ0v) is 13.9. The highest BCUT2D eigenvalue weighted by atomic mass is 35.5. The van der Waals surface area contributed by atoms with Crippen molar-refractivity contribution >= 4 is 27.2 Å². The van der Waals surface area contributed by atoms with Gasteiger partial charge in [-0.3, -0.25) is 4.79 Å². The Morgan fingerprint density at radius 1 is 1.24 bits per heavy atom. The minimum absolute atomic E-state index is 0.0102. The number of hydrogen-bond acceptors (Lipinski definition) is 5. The highest BCUT2D eigenvalue weighted by Crippen LogP contribution is 2.36. The first-order valence-electron chi connectivity index (χ1n) is 6.49. The van der Waals surface area contributed by atoms with Gasteiger partial charge in [-0.05, 0) is 18.6 Å². The second-order valence-electron chi connectivity index (χ2n) is 4.46. The molecule has 0 amide bonds. The SMILES string of the molecule is CCS(=O)(=O)CCCC(=O)c1cc(Cl)c(OC)c(OC)c1. The Balaban J connectivity index is 2.82. The second kappa shape index (κ2) is 7.66. The molecule has 0 atom stereocenters. The molecule has 1 aromatic rings. The highest BCUT2D eigenvalue weighted by molar-refractivity contribution is 7.91. The van der Waals surface area contributed by atoms with Crippen molar-refractivity contribution in [2.75, 3.05) is 25.7 Å². The molecule has 0 unspecified atom stereocenters. The Hall–Kier alpha value is -1.27. The lowest BCUT2D eigenvalue weighted by molar-refractivity contribution is 0.0981. The largest absolute Gasteiger partial charge is 0.493 e. The molecule has 0 spiro atoms. The van der Waals surface area contributed by atoms with Crippen molar-refractivity contribution in [3.63, 3.8) is 0 Å². The van der Waals surface area contributed by atoms with E-state index in [4.69, 9.17) is 21.1 Å². The predicted molar refractivity (Wildman–Crippen MR) is 82.4 cm³/mol. The number of benzene rings is 1. The molecule has 0 aromatic heterocycles. The molecule has 0 aliphatic heterocycles. The Kier molecular flexibility index (Phi) is 6.48. The van der Waals surface area contributed by atoms with E-state index in [2.05, 4.69) is 0 Å². The molecule has 21 heavy (non-hydrogen) atoms. The number of carbonyl (C=O) groups excluding carboxylic acids is 1. The molecule has 1 rings (SSSR count). The van der Waals surface area contributed by atoms with Crippen molar-refractivity contribution in [2.45, 2.75) is 19.8 Å². The average Bonchev–Trinajstić information content (AvgIpc) is 2.45. The number of hydrogen-bond donors (Lipinski definition) is 0. The molecule has 0 saturated carbocycles. The van der Waals surface area contributed by atoms with Crippen LogP contribution in [0.15, 0.2) is 12.1 Å². The Bertz CT molecular complexity index is 610. The standard InChI is InChI=1S/C14H19ClO5S/c1-4-21(17,18)7-5-6-12(16)10-8-11(15)14(20-3)13(9-10)19-2/h8-9H,4-7H2,1-3H3. The molecule has 0 aliphatic carbocycles. The van der Waals surface area contributed by atoms with Crippen LogP contribution in [0.2, 0.25) is 5.02 Å². The van der Waals surface area contributed by atoms with Crippen LogP contribution in [0.1, 0.15) is 30.1 Å². The van der Waals surface area contributed by atoms with Crippen LogP contribution in [0.5, 0.6) is 11.5 Å². The van der Waals surface area contributed by atoms with Crippen LogP contribution < -0.4 is 9.47 Å². The lowest BCUT2D eigenvalue weighted by Crippen LogP contribution is -2.10. The summed E-state index contributed by atoms with van der Waals surface area (Å²) in [5.74, 6) is 0.655. The van der Waals surface area contributed by atoms with Gasteiger partial charge in [-0.25, -0.2) is 8.42 Å². The Morgan fingerprint density at radius 2 is 1.90 bits per heavy atom. The normalized spacial score (nSPS) is 11.2. The maximum atomic E-state index is 12.1. The van der Waals surface area contributed by atoms with Gasteiger partial charge in [0.25, 0.3) is 0 Å². The van der Waals surface area contributed by atoms with E-state index in [9.17, 15) is 13.2 Å². The van der Waals surface area contributed by atoms with Gasteiger partial charge in [0.1, 0.15) is 9.84 Å². The van der Waals surface area contributed by atoms with Crippen molar-refractivity contribution in [1.29, 1.82) is 0 Å². The van der Waals surface area contributed by atoms with Crippen molar-refractivity contribution in [3.05, 3.63) is 22.7 Å². The Morgan fingerprint density at radius 3 is 2.43 bits per heavy atom. The van der Waals surface area contributed by atoms with Crippen LogP contribution in [0.4, 0.5) is 0 Å². The van der Waals surface area contributed by atoms with Crippen LogP contribution in [-0.2, 0) is 9.84 Å². The van der Waals surface area contributed by atoms with Crippen LogP contribution in [0.25, 0.3) is 0 Å². The molecule has 0 fully saturated rings. The topological polar surface area (TPSA) is 69.7 Å². The van der Waals surface area contributed by atoms with Gasteiger partial charge in [0.05, 0.1) is 25.0 Å². The first-order valence-corrected chi connectivity index (χ1v) is 8.69. The van der Waals surface area contributed by atoms with E-state index in [0.717, 1.165) is 0 Å². The summed E-state index contributed by atoms with van der Waals surface area (Å²) in [4.78, 5) is 12.1. The number of rotatable bonds is 8. The number of carbonyl (C=O) groups is 1. The summed E-state index contributed by atoms with van der Waals surface area (Å²) in [6.45, 7) is 1.59. The molecular formula is C14H19ClO5S. The number of halogens is 1. The van der Waals surface area contributed by atoms with Gasteiger partial charge in [0, 0.05) is 17.7 Å². The van der Waals surface area contributed by atoms with Gasteiger partial charge >= 0.3 is 0 Å². The number of ether oxygens (including phenoxy) is 2. The number of methoxy groups -OCH3 is 2. The summed E-state index contributed by atoms with van der Waals surface area (Å²) in [6.07, 6.45) is 0.437. The lowest BCUT2D eigenvalue weighted by Gasteiger charge is -2.11. The van der Waals surface area contributed by atoms with Crippen LogP contribution >= 0.6 is 11.6 Å². The molecule has 0 aliphatic rings. The molecule has 0 N–H and O–H groups in total. The monoisotopic (exact) mass is 334 g/mol. The van der Waals surface area contributed by atoms with Crippen LogP contribution in [-0.4, -0.2) is 39.9 Å². The van der Waals surface area contributed by atoms with Crippen molar-refractivity contribution < 1.29 is 22.7 Å². The zero-order valence-electron chi connectivity index (χ0n) is 12.3. The Labute approximate surface area is 130 Å². The fourth-order valence-electron chi connectivity index (χ4n) is 1.82. The fourth-order valence-corrected chi connectivity index (χ4v) is 2.98. The van der Waals surface area contributed by atoms with Gasteiger partial charge in [-0.2, -0.15) is 0 Å². The summed E-state index contributed by atoms with van der Waals surface area (Å²) >= 11 is 6.03. The van der Waals surface area contributed by atoms with E-state index < -0.39 is 9.84 Å². The van der Waals surface area contributed by atoms with E-state index >= 15 is 0 Å². The summed E-state index contributed by atoms with van der Waals surface area (Å²) in [5.41, 5.74) is 0.381. The second-order valence-corrected chi connectivity index (χ2v) is 7.34. The van der Waals surface area contributed by atoms with Gasteiger partial charge in [-0.15, -0.1) is 0 Å². The molecule has 0 radical (unpaired) electrons. The highest BCUT2D eigenvalue weighted by Gasteiger charge is 2.16. The molecular weight excluding hydrogens is 316 g/mol. The molecule has 5 nitrogen and oxygen atoms in total. The summed E-state index contributed by atoms with van der Waals surface area (Å²) in [7, 11) is -0.138. The third-order valence-electron chi connectivity index (χ3n) is 3.05. The van der Waals surface area contributed by atoms with E-state index in [1.807, 2.05) is 0 Å². The zero-order chi connectivity index (χ0) is 16.0. The minimum atomic E-state index is -3.05. The van der Waals surface area contributed by atoms with E-state index in [1.165, 1.54) is 20.3 Å². The molecule has 7 heteroatoms. The molecule has 0 bridgehead atoms.